The van der Waals surface area contributed by atoms with Gasteiger partial charge in [-0.1, -0.05) is 30.7 Å². The predicted octanol–water partition coefficient (Wildman–Crippen LogP) is 4.30. The maximum Gasteiger partial charge on any atom is 0.259 e. The Morgan fingerprint density at radius 1 is 1.07 bits per heavy atom. The molecule has 0 fully saturated rings. The Morgan fingerprint density at radius 3 is 2.44 bits per heavy atom. The average Bonchev–Trinajstić information content (AvgIpc) is 3.05. The number of anilines is 2. The van der Waals surface area contributed by atoms with E-state index >= 15 is 0 Å². The van der Waals surface area contributed by atoms with Gasteiger partial charge in [0.2, 0.25) is 5.91 Å². The van der Waals surface area contributed by atoms with Crippen molar-refractivity contribution in [1.82, 2.24) is 9.78 Å². The number of benzene rings is 2. The van der Waals surface area contributed by atoms with Crippen LogP contribution in [0.25, 0.3) is 5.69 Å². The summed E-state index contributed by atoms with van der Waals surface area (Å²) in [4.78, 5) is 24.0. The van der Waals surface area contributed by atoms with Crippen LogP contribution in [0.3, 0.4) is 0 Å². The Kier molecular flexibility index (Phi) is 5.57. The second-order valence-electron chi connectivity index (χ2n) is 5.97. The van der Waals surface area contributed by atoms with E-state index in [9.17, 15) is 9.59 Å². The van der Waals surface area contributed by atoms with E-state index in [0.717, 1.165) is 11.4 Å². The lowest BCUT2D eigenvalue weighted by Gasteiger charge is -2.10. The van der Waals surface area contributed by atoms with Gasteiger partial charge in [-0.2, -0.15) is 5.10 Å². The molecule has 0 spiro atoms. The third-order valence-corrected chi connectivity index (χ3v) is 4.18. The molecule has 27 heavy (non-hydrogen) atoms. The van der Waals surface area contributed by atoms with E-state index in [1.165, 1.54) is 6.92 Å². The lowest BCUT2D eigenvalue weighted by atomic mass is 10.1. The molecule has 3 rings (SSSR count). The average molecular weight is 383 g/mol. The highest BCUT2D eigenvalue weighted by molar-refractivity contribution is 6.30. The lowest BCUT2D eigenvalue weighted by Crippen LogP contribution is -2.14. The first kappa shape index (κ1) is 18.7. The first-order chi connectivity index (χ1) is 13.0. The molecule has 0 atom stereocenters. The molecule has 2 amide bonds. The van der Waals surface area contributed by atoms with E-state index in [1.54, 1.807) is 47.3 Å². The predicted molar refractivity (Wildman–Crippen MR) is 107 cm³/mol. The number of amides is 2. The maximum atomic E-state index is 12.8. The number of nitrogens with zero attached hydrogens (tertiary/aromatic N) is 2. The number of carbonyl (C=O) groups excluding carboxylic acids is 2. The minimum atomic E-state index is -0.264. The normalized spacial score (nSPS) is 10.5. The molecule has 1 heterocycles. The number of halogens is 1. The highest BCUT2D eigenvalue weighted by Crippen LogP contribution is 2.21. The molecule has 2 N–H and O–H groups in total. The summed E-state index contributed by atoms with van der Waals surface area (Å²) in [6.07, 6.45) is 2.17. The number of nitrogens with one attached hydrogen (secondary N) is 2. The zero-order valence-corrected chi connectivity index (χ0v) is 15.7. The minimum Gasteiger partial charge on any atom is -0.326 e. The molecule has 0 radical (unpaired) electrons. The number of carbonyl (C=O) groups is 2. The van der Waals surface area contributed by atoms with Crippen molar-refractivity contribution < 1.29 is 9.59 Å². The van der Waals surface area contributed by atoms with Crippen LogP contribution in [0, 0.1) is 0 Å². The standard InChI is InChI=1S/C20H19ClN4O2/c1-3-19-18(12-22-25(19)17-9-4-6-14(21)10-17)20(27)24-16-8-5-7-15(11-16)23-13(2)26/h4-12H,3H2,1-2H3,(H,23,26)(H,24,27). The van der Waals surface area contributed by atoms with Crippen molar-refractivity contribution in [3.8, 4) is 5.69 Å². The van der Waals surface area contributed by atoms with E-state index < -0.39 is 0 Å². The fraction of sp³-hybridized carbons (Fsp3) is 0.150. The van der Waals surface area contributed by atoms with Crippen molar-refractivity contribution in [2.45, 2.75) is 20.3 Å². The van der Waals surface area contributed by atoms with Crippen LogP contribution in [0.5, 0.6) is 0 Å². The number of rotatable bonds is 5. The van der Waals surface area contributed by atoms with Crippen LogP contribution in [-0.2, 0) is 11.2 Å². The molecular weight excluding hydrogens is 364 g/mol. The summed E-state index contributed by atoms with van der Waals surface area (Å²) in [6.45, 7) is 3.40. The van der Waals surface area contributed by atoms with Gasteiger partial charge in [0.25, 0.3) is 5.91 Å². The molecule has 0 aliphatic rings. The Labute approximate surface area is 162 Å². The Hall–Kier alpha value is -3.12. The van der Waals surface area contributed by atoms with E-state index in [4.69, 9.17) is 11.6 Å². The molecular formula is C20H19ClN4O2. The first-order valence-electron chi connectivity index (χ1n) is 8.49. The van der Waals surface area contributed by atoms with Crippen molar-refractivity contribution in [2.24, 2.45) is 0 Å². The van der Waals surface area contributed by atoms with Gasteiger partial charge < -0.3 is 10.6 Å². The van der Waals surface area contributed by atoms with Crippen molar-refractivity contribution in [3.05, 3.63) is 71.0 Å². The van der Waals surface area contributed by atoms with Gasteiger partial charge in [0.05, 0.1) is 23.1 Å². The van der Waals surface area contributed by atoms with Gasteiger partial charge in [0.1, 0.15) is 0 Å². The second kappa shape index (κ2) is 8.05. The summed E-state index contributed by atoms with van der Waals surface area (Å²) in [5.41, 5.74) is 3.27. The largest absolute Gasteiger partial charge is 0.326 e. The maximum absolute atomic E-state index is 12.8. The molecule has 0 saturated heterocycles. The van der Waals surface area contributed by atoms with Crippen molar-refractivity contribution >= 4 is 34.8 Å². The summed E-state index contributed by atoms with van der Waals surface area (Å²) in [5, 5.41) is 10.5. The molecule has 0 aliphatic heterocycles. The molecule has 6 nitrogen and oxygen atoms in total. The zero-order chi connectivity index (χ0) is 19.4. The fourth-order valence-corrected chi connectivity index (χ4v) is 2.99. The SMILES string of the molecule is CCc1c(C(=O)Nc2cccc(NC(C)=O)c2)cnn1-c1cccc(Cl)c1. The Morgan fingerprint density at radius 2 is 1.78 bits per heavy atom. The van der Waals surface area contributed by atoms with Crippen molar-refractivity contribution in [2.75, 3.05) is 10.6 Å². The van der Waals surface area contributed by atoms with Crippen molar-refractivity contribution in [1.29, 1.82) is 0 Å². The summed E-state index contributed by atoms with van der Waals surface area (Å²) in [6, 6.07) is 14.3. The number of hydrogen-bond donors (Lipinski definition) is 2. The highest BCUT2D eigenvalue weighted by Gasteiger charge is 2.17. The highest BCUT2D eigenvalue weighted by atomic mass is 35.5. The van der Waals surface area contributed by atoms with Gasteiger partial charge in [0, 0.05) is 23.3 Å². The van der Waals surface area contributed by atoms with Crippen molar-refractivity contribution in [3.63, 3.8) is 0 Å². The zero-order valence-electron chi connectivity index (χ0n) is 15.0. The van der Waals surface area contributed by atoms with Crippen LogP contribution in [0.2, 0.25) is 5.02 Å². The van der Waals surface area contributed by atoms with E-state index in [1.807, 2.05) is 19.1 Å². The molecule has 0 saturated carbocycles. The molecule has 138 valence electrons. The summed E-state index contributed by atoms with van der Waals surface area (Å²) >= 11 is 6.07. The van der Waals surface area contributed by atoms with Crippen LogP contribution in [0.1, 0.15) is 29.9 Å². The van der Waals surface area contributed by atoms with E-state index in [2.05, 4.69) is 15.7 Å². The quantitative estimate of drug-likeness (QED) is 0.690. The van der Waals surface area contributed by atoms with Crippen LogP contribution in [0.15, 0.2) is 54.7 Å². The van der Waals surface area contributed by atoms with E-state index in [0.29, 0.717) is 28.4 Å². The third kappa shape index (κ3) is 4.35. The van der Waals surface area contributed by atoms with Crippen LogP contribution in [0.4, 0.5) is 11.4 Å². The number of hydrogen-bond acceptors (Lipinski definition) is 3. The smallest absolute Gasteiger partial charge is 0.259 e. The molecule has 0 aliphatic carbocycles. The van der Waals surface area contributed by atoms with Gasteiger partial charge in [-0.15, -0.1) is 0 Å². The monoisotopic (exact) mass is 382 g/mol. The summed E-state index contributed by atoms with van der Waals surface area (Å²) in [7, 11) is 0. The molecule has 7 heteroatoms. The van der Waals surface area contributed by atoms with E-state index in [-0.39, 0.29) is 11.8 Å². The van der Waals surface area contributed by atoms with Gasteiger partial charge >= 0.3 is 0 Å². The fourth-order valence-electron chi connectivity index (χ4n) is 2.81. The lowest BCUT2D eigenvalue weighted by molar-refractivity contribution is -0.114. The molecule has 1 aromatic heterocycles. The third-order valence-electron chi connectivity index (χ3n) is 3.94. The van der Waals surface area contributed by atoms with Crippen LogP contribution in [-0.4, -0.2) is 21.6 Å². The molecule has 0 bridgehead atoms. The molecule has 2 aromatic carbocycles. The van der Waals surface area contributed by atoms with Gasteiger partial charge in [-0.05, 0) is 42.8 Å². The molecule has 3 aromatic rings. The molecule has 0 unspecified atom stereocenters. The number of aromatic nitrogens is 2. The summed E-state index contributed by atoms with van der Waals surface area (Å²) in [5.74, 6) is -0.436. The van der Waals surface area contributed by atoms with Gasteiger partial charge in [0.15, 0.2) is 0 Å². The van der Waals surface area contributed by atoms with Gasteiger partial charge in [-0.3, -0.25) is 9.59 Å². The van der Waals surface area contributed by atoms with Crippen LogP contribution < -0.4 is 10.6 Å². The Balaban J connectivity index is 1.86. The Bertz CT molecular complexity index is 997. The topological polar surface area (TPSA) is 76.0 Å². The first-order valence-corrected chi connectivity index (χ1v) is 8.87. The summed E-state index contributed by atoms with van der Waals surface area (Å²) < 4.78 is 1.72. The second-order valence-corrected chi connectivity index (χ2v) is 6.40. The van der Waals surface area contributed by atoms with Gasteiger partial charge in [-0.25, -0.2) is 4.68 Å². The van der Waals surface area contributed by atoms with Crippen LogP contribution >= 0.6 is 11.6 Å². The minimum absolute atomic E-state index is 0.172.